The summed E-state index contributed by atoms with van der Waals surface area (Å²) in [6.07, 6.45) is 8.05. The third-order valence-electron chi connectivity index (χ3n) is 2.63. The van der Waals surface area contributed by atoms with Crippen LogP contribution in [0.25, 0.3) is 0 Å². The van der Waals surface area contributed by atoms with E-state index in [9.17, 15) is 4.79 Å². The number of guanidine groups is 1. The SMILES string of the molecule is C=CCNC(=NCC(=O)N(C)C)NC1CC=CC1.I. The molecule has 108 valence electrons. The monoisotopic (exact) mass is 378 g/mol. The van der Waals surface area contributed by atoms with Crippen LogP contribution in [0.5, 0.6) is 0 Å². The lowest BCUT2D eigenvalue weighted by atomic mass is 10.2. The van der Waals surface area contributed by atoms with E-state index in [1.807, 2.05) is 0 Å². The van der Waals surface area contributed by atoms with Gasteiger partial charge in [-0.15, -0.1) is 30.6 Å². The molecular formula is C13H23IN4O. The van der Waals surface area contributed by atoms with Crippen molar-refractivity contribution in [3.05, 3.63) is 24.8 Å². The first-order valence-corrected chi connectivity index (χ1v) is 6.14. The highest BCUT2D eigenvalue weighted by Crippen LogP contribution is 2.08. The second-order valence-electron chi connectivity index (χ2n) is 4.41. The molecule has 5 nitrogen and oxygen atoms in total. The van der Waals surface area contributed by atoms with Crippen molar-refractivity contribution >= 4 is 35.8 Å². The predicted molar refractivity (Wildman–Crippen MR) is 89.9 cm³/mol. The van der Waals surface area contributed by atoms with E-state index in [2.05, 4.69) is 34.4 Å². The first-order chi connectivity index (χ1) is 8.63. The van der Waals surface area contributed by atoms with E-state index in [4.69, 9.17) is 0 Å². The minimum Gasteiger partial charge on any atom is -0.353 e. The molecule has 0 aromatic heterocycles. The van der Waals surface area contributed by atoms with Crippen molar-refractivity contribution in [3.8, 4) is 0 Å². The zero-order valence-electron chi connectivity index (χ0n) is 11.6. The van der Waals surface area contributed by atoms with Crippen molar-refractivity contribution in [2.75, 3.05) is 27.2 Å². The largest absolute Gasteiger partial charge is 0.353 e. The fourth-order valence-electron chi connectivity index (χ4n) is 1.54. The van der Waals surface area contributed by atoms with Crippen LogP contribution in [-0.2, 0) is 4.79 Å². The van der Waals surface area contributed by atoms with Gasteiger partial charge in [-0.3, -0.25) is 4.79 Å². The molecular weight excluding hydrogens is 355 g/mol. The zero-order chi connectivity index (χ0) is 13.4. The second-order valence-corrected chi connectivity index (χ2v) is 4.41. The quantitative estimate of drug-likeness (QED) is 0.327. The number of hydrogen-bond acceptors (Lipinski definition) is 2. The highest BCUT2D eigenvalue weighted by molar-refractivity contribution is 14.0. The molecule has 19 heavy (non-hydrogen) atoms. The number of likely N-dealkylation sites (N-methyl/N-ethyl adjacent to an activating group) is 1. The molecule has 0 aromatic carbocycles. The van der Waals surface area contributed by atoms with Crippen LogP contribution >= 0.6 is 24.0 Å². The Morgan fingerprint density at radius 3 is 2.63 bits per heavy atom. The van der Waals surface area contributed by atoms with Crippen LogP contribution < -0.4 is 10.6 Å². The Hall–Kier alpha value is -1.05. The molecule has 0 heterocycles. The van der Waals surface area contributed by atoms with E-state index >= 15 is 0 Å². The summed E-state index contributed by atoms with van der Waals surface area (Å²) < 4.78 is 0. The van der Waals surface area contributed by atoms with E-state index in [0.717, 1.165) is 12.8 Å². The summed E-state index contributed by atoms with van der Waals surface area (Å²) >= 11 is 0. The minimum atomic E-state index is -0.0146. The average molecular weight is 378 g/mol. The maximum atomic E-state index is 11.5. The number of nitrogens with one attached hydrogen (secondary N) is 2. The minimum absolute atomic E-state index is 0. The Bertz CT molecular complexity index is 345. The fourth-order valence-corrected chi connectivity index (χ4v) is 1.54. The first-order valence-electron chi connectivity index (χ1n) is 6.14. The van der Waals surface area contributed by atoms with Crippen molar-refractivity contribution in [2.45, 2.75) is 18.9 Å². The van der Waals surface area contributed by atoms with E-state index in [-0.39, 0.29) is 36.4 Å². The molecule has 1 aliphatic carbocycles. The number of hydrogen-bond donors (Lipinski definition) is 2. The zero-order valence-corrected chi connectivity index (χ0v) is 13.9. The van der Waals surface area contributed by atoms with Crippen LogP contribution in [0, 0.1) is 0 Å². The smallest absolute Gasteiger partial charge is 0.243 e. The van der Waals surface area contributed by atoms with Crippen molar-refractivity contribution in [3.63, 3.8) is 0 Å². The highest BCUT2D eigenvalue weighted by Gasteiger charge is 2.12. The standard InChI is InChI=1S/C13H22N4O.HI/c1-4-9-14-13(15-10-12(18)17(2)3)16-11-7-5-6-8-11;/h4-6,11H,1,7-10H2,2-3H3,(H2,14,15,16);1H. The summed E-state index contributed by atoms with van der Waals surface area (Å²) in [6, 6.07) is 0.371. The van der Waals surface area contributed by atoms with Gasteiger partial charge in [-0.1, -0.05) is 18.2 Å². The van der Waals surface area contributed by atoms with Gasteiger partial charge in [-0.05, 0) is 12.8 Å². The summed E-state index contributed by atoms with van der Waals surface area (Å²) in [5.74, 6) is 0.651. The summed E-state index contributed by atoms with van der Waals surface area (Å²) in [4.78, 5) is 17.3. The van der Waals surface area contributed by atoms with Crippen LogP contribution in [0.4, 0.5) is 0 Å². The van der Waals surface area contributed by atoms with E-state index < -0.39 is 0 Å². The average Bonchev–Trinajstić information content (AvgIpc) is 2.84. The lowest BCUT2D eigenvalue weighted by Gasteiger charge is -2.17. The Labute approximate surface area is 132 Å². The summed E-state index contributed by atoms with van der Waals surface area (Å²) in [5.41, 5.74) is 0. The van der Waals surface area contributed by atoms with Gasteiger partial charge in [0.05, 0.1) is 0 Å². The molecule has 0 fully saturated rings. The van der Waals surface area contributed by atoms with Crippen LogP contribution in [-0.4, -0.2) is 50.0 Å². The molecule has 0 saturated heterocycles. The van der Waals surface area contributed by atoms with Gasteiger partial charge in [0.2, 0.25) is 5.91 Å². The number of carbonyl (C=O) groups excluding carboxylic acids is 1. The number of carbonyl (C=O) groups is 1. The normalized spacial score (nSPS) is 14.7. The molecule has 0 bridgehead atoms. The highest BCUT2D eigenvalue weighted by atomic mass is 127. The molecule has 0 atom stereocenters. The third-order valence-corrected chi connectivity index (χ3v) is 2.63. The van der Waals surface area contributed by atoms with Gasteiger partial charge in [-0.25, -0.2) is 4.99 Å². The molecule has 1 amide bonds. The summed E-state index contributed by atoms with van der Waals surface area (Å²) in [7, 11) is 3.45. The third kappa shape index (κ3) is 7.19. The van der Waals surface area contributed by atoms with Gasteiger partial charge in [0.25, 0.3) is 0 Å². The Balaban J connectivity index is 0.00000324. The van der Waals surface area contributed by atoms with Crippen LogP contribution in [0.1, 0.15) is 12.8 Å². The van der Waals surface area contributed by atoms with Crippen molar-refractivity contribution in [1.29, 1.82) is 0 Å². The van der Waals surface area contributed by atoms with Crippen LogP contribution in [0.15, 0.2) is 29.8 Å². The Morgan fingerprint density at radius 1 is 1.47 bits per heavy atom. The van der Waals surface area contributed by atoms with Crippen molar-refractivity contribution in [2.24, 2.45) is 4.99 Å². The molecule has 6 heteroatoms. The lowest BCUT2D eigenvalue weighted by molar-refractivity contribution is -0.127. The number of aliphatic imine (C=N–C) groups is 1. The summed E-state index contributed by atoms with van der Waals surface area (Å²) in [5, 5.41) is 6.42. The van der Waals surface area contributed by atoms with Gasteiger partial charge in [0, 0.05) is 26.7 Å². The summed E-state index contributed by atoms with van der Waals surface area (Å²) in [6.45, 7) is 4.43. The van der Waals surface area contributed by atoms with E-state index in [1.165, 1.54) is 4.90 Å². The maximum absolute atomic E-state index is 11.5. The topological polar surface area (TPSA) is 56.7 Å². The molecule has 0 aliphatic heterocycles. The molecule has 0 saturated carbocycles. The molecule has 2 N–H and O–H groups in total. The molecule has 1 aliphatic rings. The predicted octanol–water partition coefficient (Wildman–Crippen LogP) is 1.13. The number of rotatable bonds is 5. The van der Waals surface area contributed by atoms with Gasteiger partial charge in [-0.2, -0.15) is 0 Å². The number of halogens is 1. The molecule has 0 radical (unpaired) electrons. The number of nitrogens with zero attached hydrogens (tertiary/aromatic N) is 2. The van der Waals surface area contributed by atoms with Crippen LogP contribution in [0.2, 0.25) is 0 Å². The fraction of sp³-hybridized carbons (Fsp3) is 0.538. The van der Waals surface area contributed by atoms with E-state index in [1.54, 1.807) is 20.2 Å². The van der Waals surface area contributed by atoms with Crippen molar-refractivity contribution < 1.29 is 4.79 Å². The molecule has 1 rings (SSSR count). The molecule has 0 spiro atoms. The Kier molecular flexibility index (Phi) is 9.28. The maximum Gasteiger partial charge on any atom is 0.243 e. The van der Waals surface area contributed by atoms with E-state index in [0.29, 0.717) is 18.5 Å². The van der Waals surface area contributed by atoms with Crippen LogP contribution in [0.3, 0.4) is 0 Å². The molecule has 0 aromatic rings. The van der Waals surface area contributed by atoms with Crippen molar-refractivity contribution in [1.82, 2.24) is 15.5 Å². The van der Waals surface area contributed by atoms with Gasteiger partial charge in [0.15, 0.2) is 5.96 Å². The van der Waals surface area contributed by atoms with Gasteiger partial charge >= 0.3 is 0 Å². The first kappa shape index (κ1) is 17.9. The molecule has 0 unspecified atom stereocenters. The number of amides is 1. The van der Waals surface area contributed by atoms with Gasteiger partial charge < -0.3 is 15.5 Å². The van der Waals surface area contributed by atoms with Gasteiger partial charge in [0.1, 0.15) is 6.54 Å². The Morgan fingerprint density at radius 2 is 2.11 bits per heavy atom. The lowest BCUT2D eigenvalue weighted by Crippen LogP contribution is -2.43. The second kappa shape index (κ2) is 9.82.